The Kier molecular flexibility index (Phi) is 5.49. The Morgan fingerprint density at radius 3 is 2.70 bits per heavy atom. The second-order valence-corrected chi connectivity index (χ2v) is 7.72. The minimum Gasteiger partial charge on any atom is -0.332 e. The molecule has 0 aliphatic heterocycles. The molecule has 2 aromatic carbocycles. The minimum atomic E-state index is 0.692. The van der Waals surface area contributed by atoms with Gasteiger partial charge >= 0.3 is 0 Å². The summed E-state index contributed by atoms with van der Waals surface area (Å²) in [6.07, 6.45) is 0. The molecular formula is C17H14Cl2N2S2. The van der Waals surface area contributed by atoms with E-state index in [1.807, 2.05) is 12.1 Å². The second kappa shape index (κ2) is 7.58. The van der Waals surface area contributed by atoms with Gasteiger partial charge in [-0.2, -0.15) is 0 Å². The molecule has 6 heteroatoms. The van der Waals surface area contributed by atoms with Crippen molar-refractivity contribution < 1.29 is 0 Å². The first-order chi connectivity index (χ1) is 11.1. The van der Waals surface area contributed by atoms with E-state index in [0.717, 1.165) is 27.2 Å². The van der Waals surface area contributed by atoms with Gasteiger partial charge in [0.05, 0.1) is 10.7 Å². The Hall–Kier alpha value is -1.20. The number of thiazole rings is 1. The van der Waals surface area contributed by atoms with Crippen LogP contribution in [-0.4, -0.2) is 4.98 Å². The molecule has 1 aromatic heterocycles. The molecular weight excluding hydrogens is 367 g/mol. The van der Waals surface area contributed by atoms with Crippen LogP contribution in [0.4, 0.5) is 10.8 Å². The van der Waals surface area contributed by atoms with Gasteiger partial charge in [0.2, 0.25) is 0 Å². The van der Waals surface area contributed by atoms with Crippen LogP contribution in [-0.2, 0) is 5.75 Å². The molecule has 1 N–H and O–H groups in total. The number of thioether (sulfide) groups is 1. The molecule has 118 valence electrons. The average molecular weight is 381 g/mol. The van der Waals surface area contributed by atoms with Crippen molar-refractivity contribution in [3.8, 4) is 0 Å². The average Bonchev–Trinajstić information content (AvgIpc) is 2.98. The quantitative estimate of drug-likeness (QED) is 0.492. The molecule has 0 saturated carbocycles. The minimum absolute atomic E-state index is 0.692. The van der Waals surface area contributed by atoms with Crippen molar-refractivity contribution in [2.24, 2.45) is 0 Å². The molecule has 1 heterocycles. The maximum atomic E-state index is 6.18. The fraction of sp³-hybridized carbons (Fsp3) is 0.118. The predicted octanol–water partition coefficient (Wildman–Crippen LogP) is 6.79. The fourth-order valence-corrected chi connectivity index (χ4v) is 4.15. The Balaban J connectivity index is 1.63. The zero-order valence-corrected chi connectivity index (χ0v) is 15.5. The summed E-state index contributed by atoms with van der Waals surface area (Å²) in [6, 6.07) is 13.7. The lowest BCUT2D eigenvalue weighted by molar-refractivity contribution is 1.23. The molecule has 0 radical (unpaired) electrons. The molecule has 3 aromatic rings. The van der Waals surface area contributed by atoms with Gasteiger partial charge in [0.15, 0.2) is 5.13 Å². The number of benzene rings is 2. The maximum absolute atomic E-state index is 6.18. The van der Waals surface area contributed by atoms with Crippen LogP contribution in [0.1, 0.15) is 11.3 Å². The van der Waals surface area contributed by atoms with E-state index in [0.29, 0.717) is 10.0 Å². The molecule has 0 saturated heterocycles. The first kappa shape index (κ1) is 16.7. The van der Waals surface area contributed by atoms with Gasteiger partial charge in [-0.3, -0.25) is 0 Å². The third kappa shape index (κ3) is 4.64. The summed E-state index contributed by atoms with van der Waals surface area (Å²) in [5.41, 5.74) is 3.30. The molecule has 3 rings (SSSR count). The van der Waals surface area contributed by atoms with Crippen molar-refractivity contribution >= 4 is 57.1 Å². The van der Waals surface area contributed by atoms with Gasteiger partial charge < -0.3 is 5.32 Å². The second-order valence-electron chi connectivity index (χ2n) is 5.00. The Labute approximate surface area is 153 Å². The molecule has 0 atom stereocenters. The van der Waals surface area contributed by atoms with Crippen LogP contribution in [0.5, 0.6) is 0 Å². The molecule has 0 bridgehead atoms. The predicted molar refractivity (Wildman–Crippen MR) is 103 cm³/mol. The highest BCUT2D eigenvalue weighted by Gasteiger charge is 2.06. The molecule has 0 amide bonds. The summed E-state index contributed by atoms with van der Waals surface area (Å²) in [4.78, 5) is 5.58. The Bertz CT molecular complexity index is 801. The van der Waals surface area contributed by atoms with Gasteiger partial charge in [0, 0.05) is 26.7 Å². The van der Waals surface area contributed by atoms with E-state index >= 15 is 0 Å². The van der Waals surface area contributed by atoms with Crippen LogP contribution in [0.3, 0.4) is 0 Å². The Morgan fingerprint density at radius 2 is 1.91 bits per heavy atom. The number of aromatic nitrogens is 1. The van der Waals surface area contributed by atoms with Gasteiger partial charge in [-0.1, -0.05) is 40.9 Å². The van der Waals surface area contributed by atoms with E-state index in [4.69, 9.17) is 23.2 Å². The van der Waals surface area contributed by atoms with Crippen molar-refractivity contribution in [2.45, 2.75) is 17.6 Å². The van der Waals surface area contributed by atoms with Gasteiger partial charge in [0.1, 0.15) is 0 Å². The lowest BCUT2D eigenvalue weighted by Crippen LogP contribution is -1.90. The van der Waals surface area contributed by atoms with Crippen molar-refractivity contribution in [1.82, 2.24) is 4.98 Å². The topological polar surface area (TPSA) is 24.9 Å². The third-order valence-electron chi connectivity index (χ3n) is 3.12. The number of anilines is 2. The maximum Gasteiger partial charge on any atom is 0.187 e. The Morgan fingerprint density at radius 1 is 1.13 bits per heavy atom. The first-order valence-electron chi connectivity index (χ1n) is 6.96. The summed E-state index contributed by atoms with van der Waals surface area (Å²) in [5, 5.41) is 7.68. The summed E-state index contributed by atoms with van der Waals surface area (Å²) < 4.78 is 0. The largest absolute Gasteiger partial charge is 0.332 e. The number of hydrogen-bond acceptors (Lipinski definition) is 4. The molecule has 0 unspecified atom stereocenters. The summed E-state index contributed by atoms with van der Waals surface area (Å²) >= 11 is 15.4. The van der Waals surface area contributed by atoms with Crippen molar-refractivity contribution in [2.75, 3.05) is 5.32 Å². The number of halogens is 2. The zero-order valence-electron chi connectivity index (χ0n) is 12.3. The molecule has 0 spiro atoms. The van der Waals surface area contributed by atoms with Crippen LogP contribution >= 0.6 is 46.3 Å². The molecule has 0 aliphatic rings. The highest BCUT2D eigenvalue weighted by Crippen LogP contribution is 2.33. The number of aryl methyl sites for hydroxylation is 1. The van der Waals surface area contributed by atoms with Crippen LogP contribution in [0.2, 0.25) is 10.0 Å². The fourth-order valence-electron chi connectivity index (χ4n) is 1.93. The standard InChI is InChI=1S/C17H14Cl2N2S2/c1-11-2-5-13(6-3-11)20-17-21-14(10-23-17)9-22-16-8-12(18)4-7-15(16)19/h2-8,10H,9H2,1H3,(H,20,21). The van der Waals surface area contributed by atoms with E-state index in [1.54, 1.807) is 29.2 Å². The van der Waals surface area contributed by atoms with E-state index in [9.17, 15) is 0 Å². The van der Waals surface area contributed by atoms with E-state index in [-0.39, 0.29) is 0 Å². The number of nitrogens with one attached hydrogen (secondary N) is 1. The van der Waals surface area contributed by atoms with Crippen LogP contribution < -0.4 is 5.32 Å². The molecule has 0 aliphatic carbocycles. The van der Waals surface area contributed by atoms with Crippen molar-refractivity contribution in [1.29, 1.82) is 0 Å². The number of nitrogens with zero attached hydrogens (tertiary/aromatic N) is 1. The van der Waals surface area contributed by atoms with E-state index < -0.39 is 0 Å². The lowest BCUT2D eigenvalue weighted by Gasteiger charge is -2.04. The number of rotatable bonds is 5. The highest BCUT2D eigenvalue weighted by molar-refractivity contribution is 7.98. The summed E-state index contributed by atoms with van der Waals surface area (Å²) in [7, 11) is 0. The van der Waals surface area contributed by atoms with E-state index in [2.05, 4.69) is 46.9 Å². The molecule has 23 heavy (non-hydrogen) atoms. The van der Waals surface area contributed by atoms with Crippen LogP contribution in [0.25, 0.3) is 0 Å². The first-order valence-corrected chi connectivity index (χ1v) is 9.58. The smallest absolute Gasteiger partial charge is 0.187 e. The number of hydrogen-bond donors (Lipinski definition) is 1. The van der Waals surface area contributed by atoms with Gasteiger partial charge in [-0.25, -0.2) is 4.98 Å². The van der Waals surface area contributed by atoms with Crippen molar-refractivity contribution in [3.05, 3.63) is 69.1 Å². The van der Waals surface area contributed by atoms with Crippen LogP contribution in [0, 0.1) is 6.92 Å². The van der Waals surface area contributed by atoms with Crippen molar-refractivity contribution in [3.63, 3.8) is 0 Å². The SMILES string of the molecule is Cc1ccc(Nc2nc(CSc3cc(Cl)ccc3Cl)cs2)cc1. The lowest BCUT2D eigenvalue weighted by atomic mass is 10.2. The van der Waals surface area contributed by atoms with Crippen LogP contribution in [0.15, 0.2) is 52.7 Å². The normalized spacial score (nSPS) is 10.7. The van der Waals surface area contributed by atoms with E-state index in [1.165, 1.54) is 5.56 Å². The van der Waals surface area contributed by atoms with Gasteiger partial charge in [-0.15, -0.1) is 23.1 Å². The van der Waals surface area contributed by atoms with Gasteiger partial charge in [-0.05, 0) is 37.3 Å². The third-order valence-corrected chi connectivity index (χ3v) is 5.70. The van der Waals surface area contributed by atoms with Gasteiger partial charge in [0.25, 0.3) is 0 Å². The summed E-state index contributed by atoms with van der Waals surface area (Å²) in [5.74, 6) is 0.756. The monoisotopic (exact) mass is 380 g/mol. The molecule has 2 nitrogen and oxygen atoms in total. The highest BCUT2D eigenvalue weighted by atomic mass is 35.5. The molecule has 0 fully saturated rings. The zero-order chi connectivity index (χ0) is 16.2. The summed E-state index contributed by atoms with van der Waals surface area (Å²) in [6.45, 7) is 2.07.